The van der Waals surface area contributed by atoms with E-state index in [0.717, 1.165) is 38.5 Å². The summed E-state index contributed by atoms with van der Waals surface area (Å²) in [6.45, 7) is 12.3. The Morgan fingerprint density at radius 1 is 0.663 bits per heavy atom. The summed E-state index contributed by atoms with van der Waals surface area (Å²) in [5.74, 6) is -10.4. The molecular weight excluding hydrogens is 1350 g/mol. The summed E-state index contributed by atoms with van der Waals surface area (Å²) in [5.41, 5.74) is -2.10. The zero-order valence-electron chi connectivity index (χ0n) is 65.0. The number of likely N-dealkylation sites (N-methyl/N-ethyl adjacent to an activating group) is 7. The van der Waals surface area contributed by atoms with Crippen molar-refractivity contribution >= 4 is 70.9 Å². The van der Waals surface area contributed by atoms with Crippen LogP contribution >= 0.6 is 0 Å². The number of fused-ring (bicyclic) bond motifs is 3. The molecule has 7 aliphatic rings. The number of carbonyl (C=O) groups excluding carboxylic acids is 12. The molecule has 25 nitrogen and oxygen atoms in total. The van der Waals surface area contributed by atoms with Crippen LogP contribution in [-0.2, 0) is 62.3 Å². The Balaban J connectivity index is 1.31. The van der Waals surface area contributed by atoms with Crippen LogP contribution < -0.4 is 16.0 Å². The van der Waals surface area contributed by atoms with Gasteiger partial charge in [0.1, 0.15) is 53.9 Å². The number of halogens is 3. The highest BCUT2D eigenvalue weighted by Gasteiger charge is 2.59. The Labute approximate surface area is 614 Å². The van der Waals surface area contributed by atoms with Crippen LogP contribution in [0.5, 0.6) is 0 Å². The van der Waals surface area contributed by atoms with Crippen molar-refractivity contribution in [2.75, 3.05) is 89.7 Å². The molecule has 0 radical (unpaired) electrons. The van der Waals surface area contributed by atoms with Gasteiger partial charge in [0, 0.05) is 76.6 Å². The molecule has 6 fully saturated rings. The average Bonchev–Trinajstić information content (AvgIpc) is 0.796. The predicted octanol–water partition coefficient (Wildman–Crippen LogP) is 6.16. The number of carbonyl (C=O) groups is 12. The summed E-state index contributed by atoms with van der Waals surface area (Å²) in [6.07, 6.45) is 5.42. The van der Waals surface area contributed by atoms with Crippen molar-refractivity contribution in [3.05, 3.63) is 12.2 Å². The first-order valence-electron chi connectivity index (χ1n) is 38.3. The molecule has 104 heavy (non-hydrogen) atoms. The van der Waals surface area contributed by atoms with Gasteiger partial charge in [0.15, 0.2) is 0 Å². The van der Waals surface area contributed by atoms with E-state index in [2.05, 4.69) is 22.9 Å². The van der Waals surface area contributed by atoms with Crippen LogP contribution in [-0.4, -0.2) is 271 Å². The maximum Gasteiger partial charge on any atom is 0.394 e. The van der Waals surface area contributed by atoms with Crippen molar-refractivity contribution in [3.8, 4) is 0 Å². The molecular formula is C76H123F3N12O13. The number of amides is 12. The predicted molar refractivity (Wildman–Crippen MR) is 385 cm³/mol. The lowest BCUT2D eigenvalue weighted by Crippen LogP contribution is -2.71. The topological polar surface area (TPSA) is 279 Å². The Bertz CT molecular complexity index is 3110. The Kier molecular flexibility index (Phi) is 29.3. The van der Waals surface area contributed by atoms with Gasteiger partial charge in [-0.1, -0.05) is 112 Å². The molecule has 13 atom stereocenters. The van der Waals surface area contributed by atoms with E-state index in [-0.39, 0.29) is 101 Å². The van der Waals surface area contributed by atoms with Gasteiger partial charge in [-0.15, -0.1) is 0 Å². The Morgan fingerprint density at radius 2 is 1.30 bits per heavy atom. The van der Waals surface area contributed by atoms with Gasteiger partial charge in [0.2, 0.25) is 70.9 Å². The lowest BCUT2D eigenvalue weighted by molar-refractivity contribution is -0.215. The zero-order chi connectivity index (χ0) is 77.2. The van der Waals surface area contributed by atoms with Gasteiger partial charge in [-0.2, -0.15) is 13.2 Å². The number of ether oxygens (including phenoxy) is 1. The first-order chi connectivity index (χ1) is 48.8. The molecule has 7 rings (SSSR count). The molecule has 586 valence electrons. The number of rotatable bonds is 12. The molecule has 4 aliphatic carbocycles. The van der Waals surface area contributed by atoms with E-state index in [1.54, 1.807) is 13.0 Å². The largest absolute Gasteiger partial charge is 0.394 e. The number of hydrogen-bond donors (Lipinski definition) is 3. The van der Waals surface area contributed by atoms with Crippen LogP contribution in [0.2, 0.25) is 0 Å². The van der Waals surface area contributed by atoms with Crippen molar-refractivity contribution in [3.63, 3.8) is 0 Å². The van der Waals surface area contributed by atoms with Gasteiger partial charge in [0.25, 0.3) is 0 Å². The van der Waals surface area contributed by atoms with Gasteiger partial charge < -0.3 is 64.8 Å². The fourth-order valence-corrected chi connectivity index (χ4v) is 17.8. The van der Waals surface area contributed by atoms with E-state index in [1.807, 2.05) is 40.7 Å². The second kappa shape index (κ2) is 36.1. The van der Waals surface area contributed by atoms with Crippen molar-refractivity contribution in [2.45, 2.75) is 262 Å². The van der Waals surface area contributed by atoms with Crippen LogP contribution in [0.1, 0.15) is 196 Å². The fourth-order valence-electron chi connectivity index (χ4n) is 17.8. The first-order valence-corrected chi connectivity index (χ1v) is 38.3. The minimum atomic E-state index is -4.51. The van der Waals surface area contributed by atoms with E-state index >= 15 is 28.8 Å². The minimum Gasteiger partial charge on any atom is -0.381 e. The quantitative estimate of drug-likeness (QED) is 0.185. The molecule has 0 aromatic heterocycles. The summed E-state index contributed by atoms with van der Waals surface area (Å²) in [4.78, 5) is 193. The maximum absolute atomic E-state index is 15.7. The molecule has 0 aromatic rings. The van der Waals surface area contributed by atoms with Gasteiger partial charge in [0.05, 0.1) is 31.5 Å². The van der Waals surface area contributed by atoms with E-state index in [1.165, 1.54) is 108 Å². The summed E-state index contributed by atoms with van der Waals surface area (Å²) in [5, 5.41) is 8.91. The number of hydrogen-bond acceptors (Lipinski definition) is 13. The average molecular weight is 1470 g/mol. The number of nitrogens with zero attached hydrogens (tertiary/aromatic N) is 9. The standard InChI is InChI=1S/C76H123F3N12O13/c1-17-24-54-65(95)81-63(48(5)18-2)71(101)85(11)43-62(94)87(13)55-27-20-19-23-36-90(70(55)100)58(38-49-30-28-46(3)29-31-49)69(99)84(10)42-60(92)80-53(35-33-50-32-34-52(76(77,78)79)59(39-50)104-16)67(97)91-41-47(4)37-56(91)66(96)82-75(44-74(6,7)45-75)73(103)89(15)64(51-25-21-22-26-51)72(102)88(14)57(68(98)83(8)9)40-61(93)86(54)12/h19-20,46-59,63-64H,17-18,21-45H2,1-16H3,(H,80,92)(H,81,95)(H,82,96)/b20-19-/t46?,47-,48+,49?,50?,52?,53+,54+,55+,56+,57+,58+,59?,63+,64+/m1/s1. The van der Waals surface area contributed by atoms with Crippen LogP contribution in [0.15, 0.2) is 12.2 Å². The molecule has 3 unspecified atom stereocenters. The fraction of sp³-hybridized carbons (Fsp3) is 0.816. The molecule has 3 aliphatic heterocycles. The lowest BCUT2D eigenvalue weighted by Gasteiger charge is -2.54. The van der Waals surface area contributed by atoms with Crippen molar-refractivity contribution in [1.29, 1.82) is 0 Å². The second-order valence-corrected chi connectivity index (χ2v) is 33.0. The van der Waals surface area contributed by atoms with Crippen molar-refractivity contribution in [2.24, 2.45) is 46.8 Å². The molecule has 0 aromatic carbocycles. The highest BCUT2D eigenvalue weighted by atomic mass is 19.4. The van der Waals surface area contributed by atoms with E-state index in [9.17, 15) is 41.9 Å². The van der Waals surface area contributed by atoms with E-state index in [0.29, 0.717) is 38.0 Å². The Hall–Kier alpha value is -6.87. The van der Waals surface area contributed by atoms with Gasteiger partial charge in [-0.3, -0.25) is 57.5 Å². The van der Waals surface area contributed by atoms with Crippen LogP contribution in [0, 0.1) is 46.8 Å². The SMILES string of the molecule is CCC[C@H]1C(=O)N[C@@H]([C@@H](C)CC)C(=O)N(C)CC(=O)N(C)[C@H]2C/C=C\CCN(C2=O)[C@@H](CC2CCC(C)CC2)C(=O)N(C)CC(=O)N[C@@H](CCC2CCC(C(F)(F)F)C(OC)C2)C(=O)N2C[C@H](C)C[C@H]2C(=O)NC2(CC(C)(C)C2)C(=O)N(C)[C@@H](C2CCCC2)C(=O)N(C)[C@H](C(=O)N(C)C)CC(=O)N1C. The third-order valence-electron chi connectivity index (χ3n) is 24.1. The van der Waals surface area contributed by atoms with E-state index < -0.39 is 180 Å². The smallest absolute Gasteiger partial charge is 0.381 e. The third-order valence-corrected chi connectivity index (χ3v) is 24.1. The zero-order valence-corrected chi connectivity index (χ0v) is 65.0. The maximum atomic E-state index is 15.7. The lowest BCUT2D eigenvalue weighted by atomic mass is 9.58. The number of methoxy groups -OCH3 is 1. The van der Waals surface area contributed by atoms with Crippen LogP contribution in [0.4, 0.5) is 13.2 Å². The van der Waals surface area contributed by atoms with Crippen molar-refractivity contribution < 1.29 is 75.4 Å². The van der Waals surface area contributed by atoms with Crippen LogP contribution in [0.3, 0.4) is 0 Å². The molecule has 28 heteroatoms. The first kappa shape index (κ1) is 84.4. The summed E-state index contributed by atoms with van der Waals surface area (Å²) < 4.78 is 48.3. The highest BCUT2D eigenvalue weighted by molar-refractivity contribution is 6.01. The monoisotopic (exact) mass is 1470 g/mol. The van der Waals surface area contributed by atoms with Crippen LogP contribution in [0.25, 0.3) is 0 Å². The summed E-state index contributed by atoms with van der Waals surface area (Å²) >= 11 is 0. The number of nitrogens with one attached hydrogen (secondary N) is 3. The third kappa shape index (κ3) is 20.2. The molecule has 2 bridgehead atoms. The number of alkyl halides is 3. The second-order valence-electron chi connectivity index (χ2n) is 33.0. The highest BCUT2D eigenvalue weighted by Crippen LogP contribution is 2.50. The molecule has 3 heterocycles. The summed E-state index contributed by atoms with van der Waals surface area (Å²) in [6, 6.07) is -9.84. The molecule has 12 amide bonds. The molecule has 2 saturated heterocycles. The van der Waals surface area contributed by atoms with E-state index in [4.69, 9.17) is 4.74 Å². The van der Waals surface area contributed by atoms with Gasteiger partial charge in [-0.05, 0) is 131 Å². The summed E-state index contributed by atoms with van der Waals surface area (Å²) in [7, 11) is 12.9. The minimum absolute atomic E-state index is 0.00585. The molecule has 1 spiro atoms. The van der Waals surface area contributed by atoms with Gasteiger partial charge >= 0.3 is 6.18 Å². The van der Waals surface area contributed by atoms with Crippen molar-refractivity contribution in [1.82, 2.24) is 60.0 Å². The molecule has 4 saturated carbocycles. The normalized spacial score (nSPS) is 32.3. The Morgan fingerprint density at radius 3 is 1.89 bits per heavy atom. The molecule has 3 N–H and O–H groups in total. The van der Waals surface area contributed by atoms with Gasteiger partial charge in [-0.25, -0.2) is 0 Å².